The van der Waals surface area contributed by atoms with Crippen LogP contribution in [0.3, 0.4) is 0 Å². The standard InChI is InChI=1S/C16H18O/c1-12-5-3-7-14(9-12)16(11-17)15-8-4-6-13(2)10-15/h3-10,16-17H,11H2,1-2H3. The van der Waals surface area contributed by atoms with E-state index in [2.05, 4.69) is 50.2 Å². The Balaban J connectivity index is 2.40. The number of aliphatic hydroxyl groups is 1. The molecule has 0 spiro atoms. The van der Waals surface area contributed by atoms with E-state index in [4.69, 9.17) is 0 Å². The molecule has 1 N–H and O–H groups in total. The average molecular weight is 226 g/mol. The van der Waals surface area contributed by atoms with Crippen LogP contribution in [0.5, 0.6) is 0 Å². The predicted molar refractivity (Wildman–Crippen MR) is 71.3 cm³/mol. The lowest BCUT2D eigenvalue weighted by atomic mass is 9.90. The van der Waals surface area contributed by atoms with Gasteiger partial charge in [0.25, 0.3) is 0 Å². The molecule has 0 aliphatic heterocycles. The Hall–Kier alpha value is -1.60. The van der Waals surface area contributed by atoms with Crippen molar-refractivity contribution in [3.8, 4) is 0 Å². The third-order valence-corrected chi connectivity index (χ3v) is 3.07. The van der Waals surface area contributed by atoms with Crippen molar-refractivity contribution in [2.75, 3.05) is 6.61 Å². The number of hydrogen-bond donors (Lipinski definition) is 1. The summed E-state index contributed by atoms with van der Waals surface area (Å²) in [6.07, 6.45) is 0. The van der Waals surface area contributed by atoms with Crippen molar-refractivity contribution < 1.29 is 5.11 Å². The molecule has 17 heavy (non-hydrogen) atoms. The number of benzene rings is 2. The van der Waals surface area contributed by atoms with Gasteiger partial charge in [-0.1, -0.05) is 59.7 Å². The highest BCUT2D eigenvalue weighted by Gasteiger charge is 2.12. The van der Waals surface area contributed by atoms with Gasteiger partial charge in [0.15, 0.2) is 0 Å². The first-order valence-electron chi connectivity index (χ1n) is 5.94. The normalized spacial score (nSPS) is 10.8. The van der Waals surface area contributed by atoms with E-state index in [1.165, 1.54) is 22.3 Å². The zero-order valence-corrected chi connectivity index (χ0v) is 10.4. The zero-order chi connectivity index (χ0) is 12.3. The van der Waals surface area contributed by atoms with Crippen LogP contribution < -0.4 is 0 Å². The maximum atomic E-state index is 9.61. The lowest BCUT2D eigenvalue weighted by molar-refractivity contribution is 0.280. The largest absolute Gasteiger partial charge is 0.395 e. The van der Waals surface area contributed by atoms with E-state index in [0.29, 0.717) is 0 Å². The van der Waals surface area contributed by atoms with Crippen LogP contribution in [0.1, 0.15) is 28.2 Å². The fourth-order valence-corrected chi connectivity index (χ4v) is 2.18. The molecule has 0 bridgehead atoms. The number of aryl methyl sites for hydroxylation is 2. The summed E-state index contributed by atoms with van der Waals surface area (Å²) in [6, 6.07) is 16.7. The Morgan fingerprint density at radius 2 is 1.35 bits per heavy atom. The van der Waals surface area contributed by atoms with E-state index in [1.807, 2.05) is 12.1 Å². The summed E-state index contributed by atoms with van der Waals surface area (Å²) in [5.74, 6) is 0.0785. The maximum absolute atomic E-state index is 9.61. The minimum absolute atomic E-state index is 0.0785. The van der Waals surface area contributed by atoms with Gasteiger partial charge in [-0.2, -0.15) is 0 Å². The molecule has 2 aromatic rings. The van der Waals surface area contributed by atoms with Crippen LogP contribution in [-0.4, -0.2) is 11.7 Å². The van der Waals surface area contributed by atoms with Crippen LogP contribution in [0.25, 0.3) is 0 Å². The first kappa shape index (κ1) is 11.9. The Labute approximate surface area is 103 Å². The van der Waals surface area contributed by atoms with Crippen molar-refractivity contribution in [1.82, 2.24) is 0 Å². The van der Waals surface area contributed by atoms with Gasteiger partial charge in [-0.05, 0) is 25.0 Å². The minimum atomic E-state index is 0.0785. The Kier molecular flexibility index (Phi) is 3.60. The van der Waals surface area contributed by atoms with Crippen molar-refractivity contribution in [3.05, 3.63) is 70.8 Å². The summed E-state index contributed by atoms with van der Waals surface area (Å²) in [4.78, 5) is 0. The quantitative estimate of drug-likeness (QED) is 0.850. The molecule has 0 aliphatic rings. The summed E-state index contributed by atoms with van der Waals surface area (Å²) < 4.78 is 0. The van der Waals surface area contributed by atoms with Crippen molar-refractivity contribution >= 4 is 0 Å². The van der Waals surface area contributed by atoms with Crippen molar-refractivity contribution in [3.63, 3.8) is 0 Å². The summed E-state index contributed by atoms with van der Waals surface area (Å²) >= 11 is 0. The zero-order valence-electron chi connectivity index (χ0n) is 10.4. The van der Waals surface area contributed by atoms with Gasteiger partial charge < -0.3 is 5.11 Å². The topological polar surface area (TPSA) is 20.2 Å². The van der Waals surface area contributed by atoms with Gasteiger partial charge >= 0.3 is 0 Å². The highest BCUT2D eigenvalue weighted by atomic mass is 16.3. The summed E-state index contributed by atoms with van der Waals surface area (Å²) in [5, 5.41) is 9.61. The molecular formula is C16H18O. The van der Waals surface area contributed by atoms with Gasteiger partial charge in [0, 0.05) is 5.92 Å². The SMILES string of the molecule is Cc1cccc(C(CO)c2cccc(C)c2)c1. The Morgan fingerprint density at radius 3 is 1.71 bits per heavy atom. The van der Waals surface area contributed by atoms with Gasteiger partial charge in [-0.15, -0.1) is 0 Å². The van der Waals surface area contributed by atoms with Crippen molar-refractivity contribution in [2.45, 2.75) is 19.8 Å². The van der Waals surface area contributed by atoms with E-state index in [1.54, 1.807) is 0 Å². The monoisotopic (exact) mass is 226 g/mol. The second-order valence-corrected chi connectivity index (χ2v) is 4.56. The van der Waals surface area contributed by atoms with E-state index in [0.717, 1.165) is 0 Å². The van der Waals surface area contributed by atoms with E-state index in [-0.39, 0.29) is 12.5 Å². The first-order valence-corrected chi connectivity index (χ1v) is 5.94. The molecule has 0 radical (unpaired) electrons. The van der Waals surface area contributed by atoms with Gasteiger partial charge in [0.05, 0.1) is 6.61 Å². The molecule has 0 heterocycles. The predicted octanol–water partition coefficient (Wildman–Crippen LogP) is 3.43. The van der Waals surface area contributed by atoms with Crippen LogP contribution >= 0.6 is 0 Å². The average Bonchev–Trinajstić information content (AvgIpc) is 2.30. The Morgan fingerprint density at radius 1 is 0.882 bits per heavy atom. The molecule has 2 aromatic carbocycles. The van der Waals surface area contributed by atoms with Gasteiger partial charge in [0.2, 0.25) is 0 Å². The van der Waals surface area contributed by atoms with Crippen LogP contribution in [-0.2, 0) is 0 Å². The highest BCUT2D eigenvalue weighted by Crippen LogP contribution is 2.25. The molecule has 88 valence electrons. The van der Waals surface area contributed by atoms with E-state index >= 15 is 0 Å². The van der Waals surface area contributed by atoms with E-state index in [9.17, 15) is 5.11 Å². The molecular weight excluding hydrogens is 208 g/mol. The molecule has 1 heteroatoms. The molecule has 0 fully saturated rings. The van der Waals surface area contributed by atoms with Crippen molar-refractivity contribution in [2.24, 2.45) is 0 Å². The number of rotatable bonds is 3. The van der Waals surface area contributed by atoms with Crippen LogP contribution in [0.4, 0.5) is 0 Å². The highest BCUT2D eigenvalue weighted by molar-refractivity contribution is 5.36. The summed E-state index contributed by atoms with van der Waals surface area (Å²) in [7, 11) is 0. The summed E-state index contributed by atoms with van der Waals surface area (Å²) in [5.41, 5.74) is 4.82. The molecule has 2 rings (SSSR count). The first-order chi connectivity index (χ1) is 8.20. The molecule has 0 unspecified atom stereocenters. The molecule has 0 amide bonds. The lowest BCUT2D eigenvalue weighted by Crippen LogP contribution is -2.06. The molecule has 0 saturated carbocycles. The molecule has 1 nitrogen and oxygen atoms in total. The second-order valence-electron chi connectivity index (χ2n) is 4.56. The maximum Gasteiger partial charge on any atom is 0.0540 e. The van der Waals surface area contributed by atoms with E-state index < -0.39 is 0 Å². The van der Waals surface area contributed by atoms with Crippen LogP contribution in [0.2, 0.25) is 0 Å². The van der Waals surface area contributed by atoms with Gasteiger partial charge in [-0.25, -0.2) is 0 Å². The third-order valence-electron chi connectivity index (χ3n) is 3.07. The number of aliphatic hydroxyl groups excluding tert-OH is 1. The summed E-state index contributed by atoms with van der Waals surface area (Å²) in [6.45, 7) is 4.30. The lowest BCUT2D eigenvalue weighted by Gasteiger charge is -2.16. The molecule has 0 aliphatic carbocycles. The van der Waals surface area contributed by atoms with Gasteiger partial charge in [0.1, 0.15) is 0 Å². The Bertz CT molecular complexity index is 457. The fraction of sp³-hybridized carbons (Fsp3) is 0.250. The fourth-order valence-electron chi connectivity index (χ4n) is 2.18. The second kappa shape index (κ2) is 5.15. The van der Waals surface area contributed by atoms with Crippen LogP contribution in [0.15, 0.2) is 48.5 Å². The van der Waals surface area contributed by atoms with Crippen LogP contribution in [0, 0.1) is 13.8 Å². The molecule has 0 saturated heterocycles. The minimum Gasteiger partial charge on any atom is -0.395 e. The smallest absolute Gasteiger partial charge is 0.0540 e. The van der Waals surface area contributed by atoms with Gasteiger partial charge in [-0.3, -0.25) is 0 Å². The third kappa shape index (κ3) is 2.75. The molecule has 0 atom stereocenters. The number of hydrogen-bond acceptors (Lipinski definition) is 1. The molecule has 0 aromatic heterocycles. The van der Waals surface area contributed by atoms with Crippen molar-refractivity contribution in [1.29, 1.82) is 0 Å².